The SMILES string of the molecule is CCN1c2ncccc2C(=O)CC1c1ccccc1OC. The third-order valence-corrected chi connectivity index (χ3v) is 3.95. The minimum absolute atomic E-state index is 0.0268. The van der Waals surface area contributed by atoms with Crippen LogP contribution in [0.15, 0.2) is 42.6 Å². The number of carbonyl (C=O) groups is 1. The Bertz CT molecular complexity index is 669. The van der Waals surface area contributed by atoms with Gasteiger partial charge in [-0.05, 0) is 25.1 Å². The molecule has 1 unspecified atom stereocenters. The van der Waals surface area contributed by atoms with Crippen LogP contribution in [0, 0.1) is 0 Å². The Morgan fingerprint density at radius 3 is 2.86 bits per heavy atom. The predicted molar refractivity (Wildman–Crippen MR) is 81.9 cm³/mol. The number of ether oxygens (including phenoxy) is 1. The lowest BCUT2D eigenvalue weighted by atomic mass is 9.91. The summed E-state index contributed by atoms with van der Waals surface area (Å²) >= 11 is 0. The van der Waals surface area contributed by atoms with Crippen LogP contribution in [-0.4, -0.2) is 24.4 Å². The number of para-hydroxylation sites is 1. The molecule has 0 saturated carbocycles. The summed E-state index contributed by atoms with van der Waals surface area (Å²) in [6, 6.07) is 11.5. The standard InChI is InChI=1S/C17H18N2O2/c1-3-19-14(12-7-4-5-9-16(12)21-2)11-15(20)13-8-6-10-18-17(13)19/h4-10,14H,3,11H2,1-2H3. The molecule has 4 nitrogen and oxygen atoms in total. The number of rotatable bonds is 3. The zero-order chi connectivity index (χ0) is 14.8. The van der Waals surface area contributed by atoms with Gasteiger partial charge in [0, 0.05) is 24.7 Å². The molecule has 0 N–H and O–H groups in total. The number of benzene rings is 1. The zero-order valence-electron chi connectivity index (χ0n) is 12.2. The zero-order valence-corrected chi connectivity index (χ0v) is 12.2. The van der Waals surface area contributed by atoms with E-state index in [0.717, 1.165) is 23.7 Å². The highest BCUT2D eigenvalue weighted by Gasteiger charge is 2.33. The summed E-state index contributed by atoms with van der Waals surface area (Å²) in [6.07, 6.45) is 2.19. The molecule has 2 heterocycles. The van der Waals surface area contributed by atoms with Gasteiger partial charge in [0.15, 0.2) is 5.78 Å². The lowest BCUT2D eigenvalue weighted by Crippen LogP contribution is -2.36. The largest absolute Gasteiger partial charge is 0.496 e. The number of ketones is 1. The van der Waals surface area contributed by atoms with E-state index >= 15 is 0 Å². The maximum Gasteiger partial charge on any atom is 0.168 e. The quantitative estimate of drug-likeness (QED) is 0.866. The van der Waals surface area contributed by atoms with E-state index in [4.69, 9.17) is 4.74 Å². The van der Waals surface area contributed by atoms with Crippen LogP contribution in [0.25, 0.3) is 0 Å². The van der Waals surface area contributed by atoms with Crippen LogP contribution in [0.2, 0.25) is 0 Å². The lowest BCUT2D eigenvalue weighted by molar-refractivity contribution is 0.0965. The molecule has 1 atom stereocenters. The van der Waals surface area contributed by atoms with E-state index in [-0.39, 0.29) is 11.8 Å². The van der Waals surface area contributed by atoms with Crippen molar-refractivity contribution >= 4 is 11.6 Å². The Kier molecular flexibility index (Phi) is 3.60. The molecule has 0 amide bonds. The van der Waals surface area contributed by atoms with Gasteiger partial charge in [-0.15, -0.1) is 0 Å². The van der Waals surface area contributed by atoms with Crippen LogP contribution in [0.1, 0.15) is 35.3 Å². The van der Waals surface area contributed by atoms with Gasteiger partial charge in [0.05, 0.1) is 18.7 Å². The second-order valence-electron chi connectivity index (χ2n) is 5.05. The van der Waals surface area contributed by atoms with Crippen molar-refractivity contribution in [2.75, 3.05) is 18.6 Å². The number of anilines is 1. The average Bonchev–Trinajstić information content (AvgIpc) is 2.55. The van der Waals surface area contributed by atoms with Crippen molar-refractivity contribution in [1.82, 2.24) is 4.98 Å². The molecule has 1 aromatic heterocycles. The third kappa shape index (κ3) is 2.27. The molecule has 0 radical (unpaired) electrons. The van der Waals surface area contributed by atoms with Gasteiger partial charge >= 0.3 is 0 Å². The Morgan fingerprint density at radius 2 is 2.10 bits per heavy atom. The number of nitrogens with zero attached hydrogens (tertiary/aromatic N) is 2. The van der Waals surface area contributed by atoms with Crippen LogP contribution < -0.4 is 9.64 Å². The van der Waals surface area contributed by atoms with Crippen molar-refractivity contribution in [3.05, 3.63) is 53.7 Å². The Balaban J connectivity index is 2.10. The first-order valence-corrected chi connectivity index (χ1v) is 7.14. The molecule has 108 valence electrons. The molecule has 3 rings (SSSR count). The van der Waals surface area contributed by atoms with E-state index < -0.39 is 0 Å². The Hall–Kier alpha value is -2.36. The van der Waals surface area contributed by atoms with Crippen molar-refractivity contribution < 1.29 is 9.53 Å². The van der Waals surface area contributed by atoms with E-state index in [1.165, 1.54) is 0 Å². The smallest absolute Gasteiger partial charge is 0.168 e. The molecule has 0 spiro atoms. The number of carbonyl (C=O) groups excluding carboxylic acids is 1. The second kappa shape index (κ2) is 5.56. The van der Waals surface area contributed by atoms with Gasteiger partial charge in [-0.3, -0.25) is 4.79 Å². The summed E-state index contributed by atoms with van der Waals surface area (Å²) < 4.78 is 5.46. The third-order valence-electron chi connectivity index (χ3n) is 3.95. The molecular weight excluding hydrogens is 264 g/mol. The number of methoxy groups -OCH3 is 1. The fourth-order valence-corrected chi connectivity index (χ4v) is 2.98. The number of fused-ring (bicyclic) bond motifs is 1. The van der Waals surface area contributed by atoms with Gasteiger partial charge in [-0.1, -0.05) is 18.2 Å². The number of pyridine rings is 1. The van der Waals surface area contributed by atoms with Gasteiger partial charge in [0.1, 0.15) is 11.6 Å². The molecule has 0 fully saturated rings. The minimum Gasteiger partial charge on any atom is -0.496 e. The minimum atomic E-state index is -0.0268. The van der Waals surface area contributed by atoms with E-state index in [9.17, 15) is 4.79 Å². The maximum atomic E-state index is 12.4. The van der Waals surface area contributed by atoms with Crippen molar-refractivity contribution in [3.8, 4) is 5.75 Å². The molecule has 1 aromatic carbocycles. The molecular formula is C17H18N2O2. The van der Waals surface area contributed by atoms with Crippen LogP contribution >= 0.6 is 0 Å². The van der Waals surface area contributed by atoms with Crippen molar-refractivity contribution in [2.24, 2.45) is 0 Å². The Labute approximate surface area is 124 Å². The summed E-state index contributed by atoms with van der Waals surface area (Å²) in [7, 11) is 1.66. The monoisotopic (exact) mass is 282 g/mol. The molecule has 0 bridgehead atoms. The number of hydrogen-bond donors (Lipinski definition) is 0. The van der Waals surface area contributed by atoms with Gasteiger partial charge in [0.25, 0.3) is 0 Å². The Morgan fingerprint density at radius 1 is 1.29 bits per heavy atom. The topological polar surface area (TPSA) is 42.4 Å². The summed E-state index contributed by atoms with van der Waals surface area (Å²) in [4.78, 5) is 19.0. The first-order chi connectivity index (χ1) is 10.3. The van der Waals surface area contributed by atoms with E-state index in [1.54, 1.807) is 13.3 Å². The average molecular weight is 282 g/mol. The van der Waals surface area contributed by atoms with Crippen LogP contribution in [0.5, 0.6) is 5.75 Å². The summed E-state index contributed by atoms with van der Waals surface area (Å²) in [5.74, 6) is 1.72. The number of aromatic nitrogens is 1. The van der Waals surface area contributed by atoms with Gasteiger partial charge in [-0.2, -0.15) is 0 Å². The van der Waals surface area contributed by atoms with Crippen LogP contribution in [0.4, 0.5) is 5.82 Å². The number of Topliss-reactive ketones (excluding diaryl/α,β-unsaturated/α-hetero) is 1. The van der Waals surface area contributed by atoms with Crippen molar-refractivity contribution in [2.45, 2.75) is 19.4 Å². The fraction of sp³-hybridized carbons (Fsp3) is 0.294. The predicted octanol–water partition coefficient (Wildman–Crippen LogP) is 3.24. The van der Waals surface area contributed by atoms with Gasteiger partial charge < -0.3 is 9.64 Å². The van der Waals surface area contributed by atoms with Crippen molar-refractivity contribution in [1.29, 1.82) is 0 Å². The van der Waals surface area contributed by atoms with Gasteiger partial charge in [-0.25, -0.2) is 4.98 Å². The van der Waals surface area contributed by atoms with Crippen LogP contribution in [-0.2, 0) is 0 Å². The molecule has 21 heavy (non-hydrogen) atoms. The summed E-state index contributed by atoms with van der Waals surface area (Å²) in [5, 5.41) is 0. The second-order valence-corrected chi connectivity index (χ2v) is 5.05. The molecule has 2 aromatic rings. The van der Waals surface area contributed by atoms with E-state index in [2.05, 4.69) is 16.8 Å². The fourth-order valence-electron chi connectivity index (χ4n) is 2.98. The molecule has 1 aliphatic rings. The summed E-state index contributed by atoms with van der Waals surface area (Å²) in [5.41, 5.74) is 1.75. The van der Waals surface area contributed by atoms with E-state index in [0.29, 0.717) is 12.0 Å². The summed E-state index contributed by atoms with van der Waals surface area (Å²) in [6.45, 7) is 2.87. The number of hydrogen-bond acceptors (Lipinski definition) is 4. The van der Waals surface area contributed by atoms with E-state index in [1.807, 2.05) is 36.4 Å². The molecule has 4 heteroatoms. The van der Waals surface area contributed by atoms with Gasteiger partial charge in [0.2, 0.25) is 0 Å². The highest BCUT2D eigenvalue weighted by atomic mass is 16.5. The highest BCUT2D eigenvalue weighted by molar-refractivity contribution is 6.03. The maximum absolute atomic E-state index is 12.4. The first kappa shape index (κ1) is 13.6. The molecule has 0 saturated heterocycles. The lowest BCUT2D eigenvalue weighted by Gasteiger charge is -2.37. The highest BCUT2D eigenvalue weighted by Crippen LogP contribution is 2.39. The molecule has 0 aliphatic carbocycles. The van der Waals surface area contributed by atoms with Crippen molar-refractivity contribution in [3.63, 3.8) is 0 Å². The van der Waals surface area contributed by atoms with Crippen LogP contribution in [0.3, 0.4) is 0 Å². The normalized spacial score (nSPS) is 17.5. The first-order valence-electron chi connectivity index (χ1n) is 7.14. The molecule has 1 aliphatic heterocycles.